The lowest BCUT2D eigenvalue weighted by molar-refractivity contribution is -0.118. The molecule has 0 aliphatic carbocycles. The van der Waals surface area contributed by atoms with Crippen LogP contribution in [0.5, 0.6) is 0 Å². The minimum absolute atomic E-state index is 0.185. The predicted molar refractivity (Wildman–Crippen MR) is 72.8 cm³/mol. The molecule has 1 rings (SSSR count). The molecule has 1 atom stereocenters. The lowest BCUT2D eigenvalue weighted by atomic mass is 10.0. The number of carbonyl (C=O) groups is 1. The molecule has 1 aromatic heterocycles. The fourth-order valence-electron chi connectivity index (χ4n) is 1.45. The van der Waals surface area contributed by atoms with Gasteiger partial charge in [-0.05, 0) is 25.0 Å². The zero-order valence-corrected chi connectivity index (χ0v) is 10.9. The van der Waals surface area contributed by atoms with Gasteiger partial charge in [-0.1, -0.05) is 31.6 Å². The average molecular weight is 251 g/mol. The molecule has 0 aliphatic rings. The Balaban J connectivity index is 2.69. The molecule has 0 radical (unpaired) electrons. The van der Waals surface area contributed by atoms with Crippen LogP contribution in [0.4, 0.5) is 5.82 Å². The minimum atomic E-state index is -0.418. The average Bonchev–Trinajstić information content (AvgIpc) is 2.28. The number of amides is 1. The standard InChI is InChI=1S/C12H17N3OS/c1-3-4-9(11(13)17)12(16)15-10-6-5-8(2)7-14-10/h5-7,9H,3-4H2,1-2H3,(H2,13,17)(H,14,15,16). The van der Waals surface area contributed by atoms with Crippen LogP contribution in [0.15, 0.2) is 18.3 Å². The van der Waals surface area contributed by atoms with Crippen molar-refractivity contribution in [3.05, 3.63) is 23.9 Å². The molecule has 1 heterocycles. The predicted octanol–water partition coefficient (Wildman–Crippen LogP) is 2.03. The third-order valence-electron chi connectivity index (χ3n) is 2.40. The summed E-state index contributed by atoms with van der Waals surface area (Å²) in [6, 6.07) is 3.65. The Morgan fingerprint density at radius 2 is 2.29 bits per heavy atom. The lowest BCUT2D eigenvalue weighted by Gasteiger charge is -2.14. The first kappa shape index (κ1) is 13.6. The molecule has 0 aromatic carbocycles. The van der Waals surface area contributed by atoms with Gasteiger partial charge in [0.15, 0.2) is 0 Å². The second kappa shape index (κ2) is 6.30. The normalized spacial score (nSPS) is 11.9. The number of nitrogens with zero attached hydrogens (tertiary/aromatic N) is 1. The number of anilines is 1. The molecular weight excluding hydrogens is 234 g/mol. The van der Waals surface area contributed by atoms with E-state index in [0.717, 1.165) is 12.0 Å². The maximum absolute atomic E-state index is 11.9. The number of rotatable bonds is 5. The summed E-state index contributed by atoms with van der Waals surface area (Å²) in [4.78, 5) is 16.2. The number of aryl methyl sites for hydroxylation is 1. The SMILES string of the molecule is CCCC(C(=O)Nc1ccc(C)cn1)C(N)=S. The molecule has 5 heteroatoms. The largest absolute Gasteiger partial charge is 0.393 e. The first-order valence-electron chi connectivity index (χ1n) is 5.57. The van der Waals surface area contributed by atoms with Crippen molar-refractivity contribution in [2.24, 2.45) is 11.7 Å². The van der Waals surface area contributed by atoms with Crippen LogP contribution in [0.2, 0.25) is 0 Å². The number of pyridine rings is 1. The van der Waals surface area contributed by atoms with E-state index in [2.05, 4.69) is 10.3 Å². The topological polar surface area (TPSA) is 68.0 Å². The zero-order chi connectivity index (χ0) is 12.8. The van der Waals surface area contributed by atoms with Crippen molar-refractivity contribution in [2.75, 3.05) is 5.32 Å². The van der Waals surface area contributed by atoms with Crippen molar-refractivity contribution >= 4 is 28.9 Å². The van der Waals surface area contributed by atoms with Gasteiger partial charge in [-0.25, -0.2) is 4.98 Å². The van der Waals surface area contributed by atoms with Gasteiger partial charge in [-0.3, -0.25) is 4.79 Å². The van der Waals surface area contributed by atoms with Crippen molar-refractivity contribution in [1.82, 2.24) is 4.98 Å². The highest BCUT2D eigenvalue weighted by Crippen LogP contribution is 2.11. The van der Waals surface area contributed by atoms with Crippen LogP contribution in [-0.2, 0) is 4.79 Å². The van der Waals surface area contributed by atoms with E-state index in [1.54, 1.807) is 12.3 Å². The molecule has 3 N–H and O–H groups in total. The maximum atomic E-state index is 11.9. The Morgan fingerprint density at radius 1 is 1.59 bits per heavy atom. The highest BCUT2D eigenvalue weighted by atomic mass is 32.1. The van der Waals surface area contributed by atoms with E-state index in [1.165, 1.54) is 0 Å². The van der Waals surface area contributed by atoms with Gasteiger partial charge < -0.3 is 11.1 Å². The van der Waals surface area contributed by atoms with Gasteiger partial charge in [0.05, 0.1) is 10.9 Å². The zero-order valence-electron chi connectivity index (χ0n) is 10.1. The minimum Gasteiger partial charge on any atom is -0.393 e. The number of nitrogens with two attached hydrogens (primary N) is 1. The maximum Gasteiger partial charge on any atom is 0.235 e. The van der Waals surface area contributed by atoms with Gasteiger partial charge >= 0.3 is 0 Å². The fourth-order valence-corrected chi connectivity index (χ4v) is 1.67. The summed E-state index contributed by atoms with van der Waals surface area (Å²) >= 11 is 4.89. The van der Waals surface area contributed by atoms with Crippen LogP contribution in [-0.4, -0.2) is 15.9 Å². The van der Waals surface area contributed by atoms with E-state index >= 15 is 0 Å². The van der Waals surface area contributed by atoms with Gasteiger partial charge in [0.25, 0.3) is 0 Å². The third-order valence-corrected chi connectivity index (χ3v) is 2.68. The monoisotopic (exact) mass is 251 g/mol. The van der Waals surface area contributed by atoms with Crippen molar-refractivity contribution < 1.29 is 4.79 Å². The van der Waals surface area contributed by atoms with Crippen molar-refractivity contribution in [3.63, 3.8) is 0 Å². The number of aromatic nitrogens is 1. The molecule has 0 spiro atoms. The van der Waals surface area contributed by atoms with Crippen LogP contribution in [0.25, 0.3) is 0 Å². The quantitative estimate of drug-likeness (QED) is 0.786. The number of carbonyl (C=O) groups excluding carboxylic acids is 1. The smallest absolute Gasteiger partial charge is 0.235 e. The van der Waals surface area contributed by atoms with E-state index in [9.17, 15) is 4.79 Å². The summed E-state index contributed by atoms with van der Waals surface area (Å²) in [5.41, 5.74) is 6.60. The number of hydrogen-bond donors (Lipinski definition) is 2. The Morgan fingerprint density at radius 3 is 2.76 bits per heavy atom. The molecule has 0 aliphatic heterocycles. The molecule has 0 saturated heterocycles. The lowest BCUT2D eigenvalue weighted by Crippen LogP contribution is -2.33. The molecule has 1 amide bonds. The van der Waals surface area contributed by atoms with Crippen molar-refractivity contribution in [2.45, 2.75) is 26.7 Å². The Labute approximate surface area is 107 Å². The van der Waals surface area contributed by atoms with E-state index in [0.29, 0.717) is 12.2 Å². The molecule has 0 fully saturated rings. The molecule has 0 bridgehead atoms. The third kappa shape index (κ3) is 4.11. The second-order valence-corrected chi connectivity index (χ2v) is 4.43. The van der Waals surface area contributed by atoms with Gasteiger partial charge in [0, 0.05) is 6.20 Å². The summed E-state index contributed by atoms with van der Waals surface area (Å²) in [6.45, 7) is 3.93. The Kier molecular flexibility index (Phi) is 5.03. The molecule has 1 unspecified atom stereocenters. The van der Waals surface area contributed by atoms with Gasteiger partial charge in [-0.15, -0.1) is 0 Å². The molecule has 0 saturated carbocycles. The highest BCUT2D eigenvalue weighted by molar-refractivity contribution is 7.80. The second-order valence-electron chi connectivity index (χ2n) is 3.95. The molecule has 1 aromatic rings. The summed E-state index contributed by atoms with van der Waals surface area (Å²) < 4.78 is 0. The van der Waals surface area contributed by atoms with Gasteiger partial charge in [0.2, 0.25) is 5.91 Å². The van der Waals surface area contributed by atoms with Crippen LogP contribution in [0, 0.1) is 12.8 Å². The van der Waals surface area contributed by atoms with Gasteiger partial charge in [-0.2, -0.15) is 0 Å². The first-order valence-corrected chi connectivity index (χ1v) is 5.98. The Hall–Kier alpha value is -1.49. The van der Waals surface area contributed by atoms with Crippen LogP contribution in [0.1, 0.15) is 25.3 Å². The number of nitrogens with one attached hydrogen (secondary N) is 1. The van der Waals surface area contributed by atoms with Crippen LogP contribution >= 0.6 is 12.2 Å². The number of thiocarbonyl (C=S) groups is 1. The molecule has 92 valence electrons. The summed E-state index contributed by atoms with van der Waals surface area (Å²) in [7, 11) is 0. The summed E-state index contributed by atoms with van der Waals surface area (Å²) in [6.07, 6.45) is 3.22. The number of hydrogen-bond acceptors (Lipinski definition) is 3. The van der Waals surface area contributed by atoms with E-state index in [1.807, 2.05) is 19.9 Å². The van der Waals surface area contributed by atoms with Crippen LogP contribution < -0.4 is 11.1 Å². The molecular formula is C12H17N3OS. The molecule has 17 heavy (non-hydrogen) atoms. The van der Waals surface area contributed by atoms with Crippen molar-refractivity contribution in [1.29, 1.82) is 0 Å². The Bertz CT molecular complexity index is 403. The van der Waals surface area contributed by atoms with Crippen molar-refractivity contribution in [3.8, 4) is 0 Å². The highest BCUT2D eigenvalue weighted by Gasteiger charge is 2.20. The summed E-state index contributed by atoms with van der Waals surface area (Å²) in [5.74, 6) is -0.0771. The first-order chi connectivity index (χ1) is 8.04. The van der Waals surface area contributed by atoms with E-state index in [4.69, 9.17) is 18.0 Å². The fraction of sp³-hybridized carbons (Fsp3) is 0.417. The van der Waals surface area contributed by atoms with E-state index in [-0.39, 0.29) is 10.9 Å². The molecule has 4 nitrogen and oxygen atoms in total. The summed E-state index contributed by atoms with van der Waals surface area (Å²) in [5, 5.41) is 2.72. The van der Waals surface area contributed by atoms with Gasteiger partial charge in [0.1, 0.15) is 5.82 Å². The van der Waals surface area contributed by atoms with E-state index < -0.39 is 5.92 Å². The van der Waals surface area contributed by atoms with Crippen LogP contribution in [0.3, 0.4) is 0 Å².